The first-order valence-electron chi connectivity index (χ1n) is 9.37. The summed E-state index contributed by atoms with van der Waals surface area (Å²) in [7, 11) is 1.71. The second kappa shape index (κ2) is 10.5. The number of hydrogen-bond donors (Lipinski definition) is 2. The Labute approximate surface area is 160 Å². The van der Waals surface area contributed by atoms with Crippen LogP contribution in [0.5, 0.6) is 5.75 Å². The molecule has 1 heterocycles. The van der Waals surface area contributed by atoms with E-state index in [0.29, 0.717) is 30.7 Å². The number of aromatic nitrogens is 1. The Morgan fingerprint density at radius 3 is 2.56 bits per heavy atom. The van der Waals surface area contributed by atoms with Crippen LogP contribution in [0.2, 0.25) is 0 Å². The van der Waals surface area contributed by atoms with Crippen LogP contribution in [-0.4, -0.2) is 30.8 Å². The fourth-order valence-electron chi connectivity index (χ4n) is 2.73. The van der Waals surface area contributed by atoms with Crippen LogP contribution in [0.25, 0.3) is 0 Å². The van der Waals surface area contributed by atoms with Gasteiger partial charge in [0.1, 0.15) is 17.7 Å². The topological polar surface area (TPSA) is 71.7 Å². The van der Waals surface area contributed by atoms with Crippen LogP contribution in [0.3, 0.4) is 0 Å². The van der Waals surface area contributed by atoms with Gasteiger partial charge in [0.05, 0.1) is 18.8 Å². The number of nitrogens with zero attached hydrogens (tertiary/aromatic N) is 2. The molecular weight excluding hydrogens is 347 g/mol. The Balaban J connectivity index is 1.77. The number of rotatable bonds is 9. The van der Waals surface area contributed by atoms with E-state index in [2.05, 4.69) is 34.6 Å². The summed E-state index contributed by atoms with van der Waals surface area (Å²) in [6, 6.07) is 7.98. The SMILES string of the molecule is CCC(CC)c1cc(CNC(=NC)NCC(C)Oc2ccc(F)cc2)on1. The van der Waals surface area contributed by atoms with Crippen molar-refractivity contribution in [1.29, 1.82) is 0 Å². The molecule has 0 amide bonds. The molecule has 1 aromatic carbocycles. The van der Waals surface area contributed by atoms with Gasteiger partial charge in [0.2, 0.25) is 0 Å². The molecule has 0 spiro atoms. The zero-order valence-corrected chi connectivity index (χ0v) is 16.5. The summed E-state index contributed by atoms with van der Waals surface area (Å²) in [5.41, 5.74) is 1.00. The standard InChI is InChI=1S/C20H29FN4O2/c1-5-15(6-2)19-11-18(27-25-19)13-24-20(22-4)23-12-14(3)26-17-9-7-16(21)8-10-17/h7-11,14-15H,5-6,12-13H2,1-4H3,(H2,22,23,24). The Morgan fingerprint density at radius 1 is 1.22 bits per heavy atom. The number of nitrogens with one attached hydrogen (secondary N) is 2. The lowest BCUT2D eigenvalue weighted by atomic mass is 9.99. The van der Waals surface area contributed by atoms with Crippen molar-refractivity contribution >= 4 is 5.96 Å². The monoisotopic (exact) mass is 376 g/mol. The van der Waals surface area contributed by atoms with Crippen LogP contribution in [0.1, 0.15) is 51.0 Å². The first kappa shape index (κ1) is 20.7. The summed E-state index contributed by atoms with van der Waals surface area (Å²) in [5.74, 6) is 2.20. The molecule has 0 aliphatic rings. The summed E-state index contributed by atoms with van der Waals surface area (Å²) < 4.78 is 24.1. The Morgan fingerprint density at radius 2 is 1.93 bits per heavy atom. The minimum Gasteiger partial charge on any atom is -0.489 e. The van der Waals surface area contributed by atoms with E-state index in [9.17, 15) is 4.39 Å². The van der Waals surface area contributed by atoms with Crippen molar-refractivity contribution in [2.24, 2.45) is 4.99 Å². The smallest absolute Gasteiger partial charge is 0.191 e. The normalized spacial score (nSPS) is 12.9. The van der Waals surface area contributed by atoms with Crippen LogP contribution in [0.15, 0.2) is 39.8 Å². The number of halogens is 1. The number of benzene rings is 1. The van der Waals surface area contributed by atoms with Crippen LogP contribution < -0.4 is 15.4 Å². The predicted octanol–water partition coefficient (Wildman–Crippen LogP) is 3.85. The highest BCUT2D eigenvalue weighted by Crippen LogP contribution is 2.22. The Bertz CT molecular complexity index is 711. The minimum absolute atomic E-state index is 0.110. The number of ether oxygens (including phenoxy) is 1. The molecule has 0 radical (unpaired) electrons. The Kier molecular flexibility index (Phi) is 8.10. The molecule has 0 saturated heterocycles. The van der Waals surface area contributed by atoms with Crippen molar-refractivity contribution in [3.8, 4) is 5.75 Å². The van der Waals surface area contributed by atoms with Gasteiger partial charge in [-0.15, -0.1) is 0 Å². The van der Waals surface area contributed by atoms with Crippen molar-refractivity contribution in [1.82, 2.24) is 15.8 Å². The van der Waals surface area contributed by atoms with Crippen LogP contribution in [0, 0.1) is 5.82 Å². The van der Waals surface area contributed by atoms with Crippen LogP contribution in [0.4, 0.5) is 4.39 Å². The van der Waals surface area contributed by atoms with E-state index >= 15 is 0 Å². The summed E-state index contributed by atoms with van der Waals surface area (Å²) >= 11 is 0. The molecule has 0 fully saturated rings. The Hall–Kier alpha value is -2.57. The third-order valence-corrected chi connectivity index (χ3v) is 4.34. The first-order chi connectivity index (χ1) is 13.0. The third-order valence-electron chi connectivity index (χ3n) is 4.34. The van der Waals surface area contributed by atoms with Gasteiger partial charge in [0.15, 0.2) is 11.7 Å². The van der Waals surface area contributed by atoms with Gasteiger partial charge in [-0.05, 0) is 44.0 Å². The van der Waals surface area contributed by atoms with Crippen molar-refractivity contribution in [3.05, 3.63) is 47.6 Å². The maximum absolute atomic E-state index is 12.9. The third kappa shape index (κ3) is 6.58. The second-order valence-electron chi connectivity index (χ2n) is 6.42. The fourth-order valence-corrected chi connectivity index (χ4v) is 2.73. The highest BCUT2D eigenvalue weighted by Gasteiger charge is 2.13. The van der Waals surface area contributed by atoms with Gasteiger partial charge >= 0.3 is 0 Å². The van der Waals surface area contributed by atoms with Crippen LogP contribution in [-0.2, 0) is 6.54 Å². The second-order valence-corrected chi connectivity index (χ2v) is 6.42. The zero-order valence-electron chi connectivity index (χ0n) is 16.5. The lowest BCUT2D eigenvalue weighted by Gasteiger charge is -2.17. The van der Waals surface area contributed by atoms with Crippen LogP contribution >= 0.6 is 0 Å². The van der Waals surface area contributed by atoms with Gasteiger partial charge in [-0.3, -0.25) is 4.99 Å². The number of hydrogen-bond acceptors (Lipinski definition) is 4. The molecule has 2 aromatic rings. The molecule has 1 atom stereocenters. The van der Waals surface area contributed by atoms with E-state index < -0.39 is 0 Å². The van der Waals surface area contributed by atoms with Gasteiger partial charge in [0, 0.05) is 19.0 Å². The predicted molar refractivity (Wildman–Crippen MR) is 105 cm³/mol. The lowest BCUT2D eigenvalue weighted by molar-refractivity contribution is 0.223. The van der Waals surface area contributed by atoms with Gasteiger partial charge in [-0.25, -0.2) is 4.39 Å². The highest BCUT2D eigenvalue weighted by atomic mass is 19.1. The maximum Gasteiger partial charge on any atom is 0.191 e. The van der Waals surface area contributed by atoms with Crippen molar-refractivity contribution in [3.63, 3.8) is 0 Å². The van der Waals surface area contributed by atoms with E-state index in [4.69, 9.17) is 9.26 Å². The quantitative estimate of drug-likeness (QED) is 0.514. The average molecular weight is 376 g/mol. The summed E-state index contributed by atoms with van der Waals surface area (Å²) in [6.45, 7) is 7.29. The van der Waals surface area contributed by atoms with E-state index in [1.807, 2.05) is 13.0 Å². The average Bonchev–Trinajstić information content (AvgIpc) is 3.13. The van der Waals surface area contributed by atoms with Gasteiger partial charge in [-0.1, -0.05) is 19.0 Å². The summed E-state index contributed by atoms with van der Waals surface area (Å²) in [4.78, 5) is 4.20. The molecule has 1 aromatic heterocycles. The highest BCUT2D eigenvalue weighted by molar-refractivity contribution is 5.79. The molecule has 27 heavy (non-hydrogen) atoms. The van der Waals surface area contributed by atoms with Gasteiger partial charge in [0.25, 0.3) is 0 Å². The molecule has 0 bridgehead atoms. The van der Waals surface area contributed by atoms with E-state index in [-0.39, 0.29) is 11.9 Å². The number of aliphatic imine (C=N–C) groups is 1. The fraction of sp³-hybridized carbons (Fsp3) is 0.500. The molecule has 2 N–H and O–H groups in total. The van der Waals surface area contributed by atoms with E-state index in [1.165, 1.54) is 12.1 Å². The molecule has 2 rings (SSSR count). The minimum atomic E-state index is -0.280. The van der Waals surface area contributed by atoms with E-state index in [1.54, 1.807) is 19.2 Å². The summed E-state index contributed by atoms with van der Waals surface area (Å²) in [5, 5.41) is 10.6. The zero-order chi connectivity index (χ0) is 19.6. The van der Waals surface area contributed by atoms with Crippen molar-refractivity contribution < 1.29 is 13.7 Å². The number of guanidine groups is 1. The van der Waals surface area contributed by atoms with Crippen molar-refractivity contribution in [2.75, 3.05) is 13.6 Å². The molecule has 6 nitrogen and oxygen atoms in total. The molecule has 1 unspecified atom stereocenters. The molecule has 0 aliphatic carbocycles. The van der Waals surface area contributed by atoms with E-state index in [0.717, 1.165) is 24.3 Å². The summed E-state index contributed by atoms with van der Waals surface area (Å²) in [6.07, 6.45) is 1.98. The van der Waals surface area contributed by atoms with Gasteiger partial charge in [-0.2, -0.15) is 0 Å². The van der Waals surface area contributed by atoms with Gasteiger partial charge < -0.3 is 19.9 Å². The molecule has 0 aliphatic heterocycles. The first-order valence-corrected chi connectivity index (χ1v) is 9.37. The molecule has 7 heteroatoms. The molecule has 0 saturated carbocycles. The maximum atomic E-state index is 12.9. The largest absolute Gasteiger partial charge is 0.489 e. The lowest BCUT2D eigenvalue weighted by Crippen LogP contribution is -2.41. The van der Waals surface area contributed by atoms with Crippen molar-refractivity contribution in [2.45, 2.75) is 52.2 Å². The molecule has 148 valence electrons. The molecular formula is C20H29FN4O2.